The molecule has 0 aromatic rings. The quantitative estimate of drug-likeness (QED) is 0.324. The standard InChI is InChI=1S/C10H17N5/c1-8(2)9-5-10(6-9,7-11)13-3-4-14-15-12/h8-9,13H,3-6H2,1-2H3. The molecule has 1 aliphatic rings. The highest BCUT2D eigenvalue weighted by atomic mass is 15.1. The summed E-state index contributed by atoms with van der Waals surface area (Å²) in [7, 11) is 0. The van der Waals surface area contributed by atoms with Crippen LogP contribution in [0.2, 0.25) is 0 Å². The van der Waals surface area contributed by atoms with Crippen molar-refractivity contribution in [1.82, 2.24) is 5.32 Å². The minimum Gasteiger partial charge on any atom is -0.299 e. The second kappa shape index (κ2) is 5.01. The number of azide groups is 1. The first-order valence-electron chi connectivity index (χ1n) is 5.31. The zero-order chi connectivity index (χ0) is 11.3. The third kappa shape index (κ3) is 2.85. The zero-order valence-corrected chi connectivity index (χ0v) is 9.27. The second-order valence-electron chi connectivity index (χ2n) is 4.49. The highest BCUT2D eigenvalue weighted by Gasteiger charge is 2.45. The molecule has 5 heteroatoms. The lowest BCUT2D eigenvalue weighted by Crippen LogP contribution is -2.56. The van der Waals surface area contributed by atoms with Gasteiger partial charge in [0.25, 0.3) is 0 Å². The van der Waals surface area contributed by atoms with Crippen LogP contribution >= 0.6 is 0 Å². The lowest BCUT2D eigenvalue weighted by Gasteiger charge is -2.45. The SMILES string of the molecule is CC(C)C1CC(C#N)(NCCN=[N+]=[N-])C1. The average Bonchev–Trinajstić information content (AvgIpc) is 2.15. The summed E-state index contributed by atoms with van der Waals surface area (Å²) in [4.78, 5) is 2.67. The van der Waals surface area contributed by atoms with E-state index in [1.54, 1.807) is 0 Å². The maximum Gasteiger partial charge on any atom is 0.107 e. The Morgan fingerprint density at radius 2 is 2.33 bits per heavy atom. The molecular formula is C10H17N5. The van der Waals surface area contributed by atoms with E-state index in [4.69, 9.17) is 10.8 Å². The fourth-order valence-electron chi connectivity index (χ4n) is 1.97. The summed E-state index contributed by atoms with van der Waals surface area (Å²) in [6.45, 7) is 5.37. The topological polar surface area (TPSA) is 84.6 Å². The molecule has 1 rings (SSSR count). The fourth-order valence-corrected chi connectivity index (χ4v) is 1.97. The molecule has 1 saturated carbocycles. The second-order valence-corrected chi connectivity index (χ2v) is 4.49. The van der Waals surface area contributed by atoms with Gasteiger partial charge in [0.15, 0.2) is 0 Å². The molecule has 0 spiro atoms. The van der Waals surface area contributed by atoms with Crippen LogP contribution in [0.15, 0.2) is 5.11 Å². The Kier molecular flexibility index (Phi) is 3.96. The molecule has 1 N–H and O–H groups in total. The first-order chi connectivity index (χ1) is 7.13. The minimum absolute atomic E-state index is 0.361. The highest BCUT2D eigenvalue weighted by Crippen LogP contribution is 2.41. The van der Waals surface area contributed by atoms with Crippen molar-refractivity contribution in [2.45, 2.75) is 32.2 Å². The van der Waals surface area contributed by atoms with Gasteiger partial charge in [-0.25, -0.2) is 0 Å². The van der Waals surface area contributed by atoms with Gasteiger partial charge in [-0.1, -0.05) is 19.0 Å². The Morgan fingerprint density at radius 1 is 1.67 bits per heavy atom. The molecule has 0 bridgehead atoms. The van der Waals surface area contributed by atoms with Crippen LogP contribution in [0, 0.1) is 23.2 Å². The van der Waals surface area contributed by atoms with E-state index in [0.29, 0.717) is 24.9 Å². The molecule has 0 radical (unpaired) electrons. The van der Waals surface area contributed by atoms with Crippen molar-refractivity contribution in [3.05, 3.63) is 10.4 Å². The normalized spacial score (nSPS) is 29.1. The summed E-state index contributed by atoms with van der Waals surface area (Å²) < 4.78 is 0. The van der Waals surface area contributed by atoms with Crippen LogP contribution in [0.1, 0.15) is 26.7 Å². The average molecular weight is 207 g/mol. The number of hydrogen-bond acceptors (Lipinski definition) is 3. The molecule has 0 aromatic carbocycles. The maximum atomic E-state index is 9.08. The van der Waals surface area contributed by atoms with Gasteiger partial charge < -0.3 is 0 Å². The van der Waals surface area contributed by atoms with Crippen LogP contribution in [0.4, 0.5) is 0 Å². The summed E-state index contributed by atoms with van der Waals surface area (Å²) >= 11 is 0. The molecule has 0 aromatic heterocycles. The first-order valence-corrected chi connectivity index (χ1v) is 5.31. The van der Waals surface area contributed by atoms with Crippen molar-refractivity contribution in [3.63, 3.8) is 0 Å². The predicted octanol–water partition coefficient (Wildman–Crippen LogP) is 2.21. The van der Waals surface area contributed by atoms with Crippen molar-refractivity contribution < 1.29 is 0 Å². The van der Waals surface area contributed by atoms with Gasteiger partial charge >= 0.3 is 0 Å². The van der Waals surface area contributed by atoms with Crippen molar-refractivity contribution >= 4 is 0 Å². The van der Waals surface area contributed by atoms with Crippen LogP contribution in [0.25, 0.3) is 10.4 Å². The lowest BCUT2D eigenvalue weighted by molar-refractivity contribution is 0.117. The van der Waals surface area contributed by atoms with Crippen LogP contribution < -0.4 is 5.32 Å². The monoisotopic (exact) mass is 207 g/mol. The Balaban J connectivity index is 2.33. The molecule has 0 heterocycles. The highest BCUT2D eigenvalue weighted by molar-refractivity contribution is 5.15. The molecule has 15 heavy (non-hydrogen) atoms. The van der Waals surface area contributed by atoms with Gasteiger partial charge in [-0.3, -0.25) is 5.32 Å². The Morgan fingerprint density at radius 3 is 2.80 bits per heavy atom. The third-order valence-corrected chi connectivity index (χ3v) is 3.12. The molecule has 0 saturated heterocycles. The van der Waals surface area contributed by atoms with E-state index in [1.165, 1.54) is 0 Å². The molecule has 1 fully saturated rings. The molecule has 0 unspecified atom stereocenters. The predicted molar refractivity (Wildman–Crippen MR) is 57.9 cm³/mol. The number of nitriles is 1. The summed E-state index contributed by atoms with van der Waals surface area (Å²) in [6.07, 6.45) is 1.83. The Labute approximate surface area is 90.1 Å². The van der Waals surface area contributed by atoms with Crippen molar-refractivity contribution in [2.75, 3.05) is 13.1 Å². The summed E-state index contributed by atoms with van der Waals surface area (Å²) in [5.74, 6) is 1.29. The van der Waals surface area contributed by atoms with Gasteiger partial charge in [-0.05, 0) is 30.2 Å². The lowest BCUT2D eigenvalue weighted by atomic mass is 9.65. The van der Waals surface area contributed by atoms with E-state index in [0.717, 1.165) is 12.8 Å². The smallest absolute Gasteiger partial charge is 0.107 e. The first kappa shape index (κ1) is 11.8. The summed E-state index contributed by atoms with van der Waals surface area (Å²) in [6, 6.07) is 2.33. The molecule has 0 amide bonds. The van der Waals surface area contributed by atoms with Crippen molar-refractivity contribution in [3.8, 4) is 6.07 Å². The Bertz CT molecular complexity index is 291. The molecule has 1 aliphatic carbocycles. The van der Waals surface area contributed by atoms with E-state index in [9.17, 15) is 0 Å². The Hall–Kier alpha value is -1.24. The van der Waals surface area contributed by atoms with E-state index in [-0.39, 0.29) is 5.54 Å². The van der Waals surface area contributed by atoms with Gasteiger partial charge in [0.05, 0.1) is 6.07 Å². The third-order valence-electron chi connectivity index (χ3n) is 3.12. The van der Waals surface area contributed by atoms with E-state index in [2.05, 4.69) is 35.3 Å². The zero-order valence-electron chi connectivity index (χ0n) is 9.27. The van der Waals surface area contributed by atoms with E-state index < -0.39 is 0 Å². The molecule has 0 atom stereocenters. The van der Waals surface area contributed by atoms with Gasteiger partial charge in [0.2, 0.25) is 0 Å². The van der Waals surface area contributed by atoms with Gasteiger partial charge in [0.1, 0.15) is 5.54 Å². The number of nitrogens with one attached hydrogen (secondary N) is 1. The van der Waals surface area contributed by atoms with Gasteiger partial charge in [0, 0.05) is 18.0 Å². The van der Waals surface area contributed by atoms with Crippen molar-refractivity contribution in [2.24, 2.45) is 17.0 Å². The summed E-state index contributed by atoms with van der Waals surface area (Å²) in [5.41, 5.74) is 7.74. The number of rotatable bonds is 5. The van der Waals surface area contributed by atoms with Crippen LogP contribution in [-0.4, -0.2) is 18.6 Å². The minimum atomic E-state index is -0.361. The summed E-state index contributed by atoms with van der Waals surface area (Å²) in [5, 5.41) is 15.7. The number of hydrogen-bond donors (Lipinski definition) is 1. The molecular weight excluding hydrogens is 190 g/mol. The fraction of sp³-hybridized carbons (Fsp3) is 0.900. The largest absolute Gasteiger partial charge is 0.299 e. The van der Waals surface area contributed by atoms with E-state index in [1.807, 2.05) is 0 Å². The maximum absolute atomic E-state index is 9.08. The van der Waals surface area contributed by atoms with Crippen LogP contribution in [-0.2, 0) is 0 Å². The molecule has 0 aliphatic heterocycles. The number of nitrogens with zero attached hydrogens (tertiary/aromatic N) is 4. The van der Waals surface area contributed by atoms with E-state index >= 15 is 0 Å². The molecule has 5 nitrogen and oxygen atoms in total. The van der Waals surface area contributed by atoms with Crippen molar-refractivity contribution in [1.29, 1.82) is 5.26 Å². The molecule has 82 valence electrons. The van der Waals surface area contributed by atoms with Gasteiger partial charge in [-0.2, -0.15) is 5.26 Å². The van der Waals surface area contributed by atoms with Crippen LogP contribution in [0.5, 0.6) is 0 Å². The van der Waals surface area contributed by atoms with Gasteiger partial charge in [-0.15, -0.1) is 0 Å². The van der Waals surface area contributed by atoms with Crippen LogP contribution in [0.3, 0.4) is 0 Å².